The molecule has 0 unspecified atom stereocenters. The molecule has 0 saturated heterocycles. The third-order valence-electron chi connectivity index (χ3n) is 2.93. The number of benzene rings is 1. The molecule has 4 nitrogen and oxygen atoms in total. The third-order valence-corrected chi connectivity index (χ3v) is 3.65. The van der Waals surface area contributed by atoms with Gasteiger partial charge in [0.1, 0.15) is 22.5 Å². The van der Waals surface area contributed by atoms with Crippen LogP contribution in [0.15, 0.2) is 18.2 Å². The number of ether oxygens (including phenoxy) is 1. The number of anilines is 1. The standard InChI is InChI=1S/C14H15Cl2N3O/c1-8-13(16)18-9(2)19-14(8)17-7-10-11(15)5-4-6-12(10)20-3/h4-6H,7H2,1-3H3,(H,17,18,19). The zero-order valence-corrected chi connectivity index (χ0v) is 13.0. The van der Waals surface area contributed by atoms with Crippen LogP contribution in [0.4, 0.5) is 5.82 Å². The van der Waals surface area contributed by atoms with Crippen molar-refractivity contribution < 1.29 is 4.74 Å². The number of aromatic nitrogens is 2. The fraction of sp³-hybridized carbons (Fsp3) is 0.286. The predicted molar refractivity (Wildman–Crippen MR) is 81.8 cm³/mol. The molecule has 0 saturated carbocycles. The molecule has 0 amide bonds. The fourth-order valence-corrected chi connectivity index (χ4v) is 2.28. The van der Waals surface area contributed by atoms with E-state index < -0.39 is 0 Å². The fourth-order valence-electron chi connectivity index (χ4n) is 1.84. The molecule has 2 aromatic rings. The molecule has 20 heavy (non-hydrogen) atoms. The maximum atomic E-state index is 6.20. The number of nitrogens with one attached hydrogen (secondary N) is 1. The van der Waals surface area contributed by atoms with Gasteiger partial charge in [-0.1, -0.05) is 29.3 Å². The minimum atomic E-state index is 0.450. The summed E-state index contributed by atoms with van der Waals surface area (Å²) in [6.45, 7) is 4.16. The Morgan fingerprint density at radius 3 is 2.65 bits per heavy atom. The van der Waals surface area contributed by atoms with E-state index in [0.717, 1.165) is 16.9 Å². The second-order valence-electron chi connectivity index (χ2n) is 4.31. The van der Waals surface area contributed by atoms with Crippen molar-refractivity contribution in [1.29, 1.82) is 0 Å². The number of methoxy groups -OCH3 is 1. The second kappa shape index (κ2) is 6.29. The van der Waals surface area contributed by atoms with Crippen molar-refractivity contribution in [3.63, 3.8) is 0 Å². The highest BCUT2D eigenvalue weighted by Gasteiger charge is 2.11. The maximum Gasteiger partial charge on any atom is 0.137 e. The van der Waals surface area contributed by atoms with Crippen molar-refractivity contribution in [2.45, 2.75) is 20.4 Å². The van der Waals surface area contributed by atoms with Crippen LogP contribution in [0.5, 0.6) is 5.75 Å². The van der Waals surface area contributed by atoms with Crippen LogP contribution in [0.25, 0.3) is 0 Å². The van der Waals surface area contributed by atoms with Crippen LogP contribution < -0.4 is 10.1 Å². The lowest BCUT2D eigenvalue weighted by atomic mass is 10.2. The van der Waals surface area contributed by atoms with Gasteiger partial charge in [0.25, 0.3) is 0 Å². The minimum absolute atomic E-state index is 0.450. The Morgan fingerprint density at radius 2 is 1.95 bits per heavy atom. The molecule has 1 heterocycles. The van der Waals surface area contributed by atoms with E-state index in [4.69, 9.17) is 27.9 Å². The van der Waals surface area contributed by atoms with E-state index in [-0.39, 0.29) is 0 Å². The Labute approximate surface area is 128 Å². The first-order chi connectivity index (χ1) is 9.52. The summed E-state index contributed by atoms with van der Waals surface area (Å²) in [4.78, 5) is 8.45. The number of hydrogen-bond donors (Lipinski definition) is 1. The number of nitrogens with zero attached hydrogens (tertiary/aromatic N) is 2. The molecular weight excluding hydrogens is 297 g/mol. The normalized spacial score (nSPS) is 10.4. The van der Waals surface area contributed by atoms with E-state index in [0.29, 0.717) is 28.4 Å². The summed E-state index contributed by atoms with van der Waals surface area (Å²) in [5, 5.41) is 4.32. The van der Waals surface area contributed by atoms with E-state index in [1.807, 2.05) is 25.1 Å². The number of rotatable bonds is 4. The Morgan fingerprint density at radius 1 is 1.20 bits per heavy atom. The first-order valence-electron chi connectivity index (χ1n) is 6.09. The Bertz CT molecular complexity index is 632. The predicted octanol–water partition coefficient (Wildman–Crippen LogP) is 4.02. The molecule has 0 aliphatic heterocycles. The smallest absolute Gasteiger partial charge is 0.137 e. The van der Waals surface area contributed by atoms with E-state index >= 15 is 0 Å². The van der Waals surface area contributed by atoms with Crippen LogP contribution in [0.3, 0.4) is 0 Å². The Hall–Kier alpha value is -1.52. The number of halogens is 2. The van der Waals surface area contributed by atoms with Crippen molar-refractivity contribution in [3.05, 3.63) is 45.3 Å². The van der Waals surface area contributed by atoms with Crippen molar-refractivity contribution in [3.8, 4) is 5.75 Å². The van der Waals surface area contributed by atoms with E-state index in [2.05, 4.69) is 15.3 Å². The van der Waals surface area contributed by atoms with Gasteiger partial charge in [0.15, 0.2) is 0 Å². The SMILES string of the molecule is COc1cccc(Cl)c1CNc1nc(C)nc(Cl)c1C. The minimum Gasteiger partial charge on any atom is -0.496 e. The van der Waals surface area contributed by atoms with Gasteiger partial charge in [-0.25, -0.2) is 9.97 Å². The molecule has 0 aliphatic carbocycles. The van der Waals surface area contributed by atoms with Gasteiger partial charge in [-0.05, 0) is 26.0 Å². The lowest BCUT2D eigenvalue weighted by Crippen LogP contribution is -2.07. The van der Waals surface area contributed by atoms with Gasteiger partial charge in [-0.2, -0.15) is 0 Å². The number of aryl methyl sites for hydroxylation is 1. The highest BCUT2D eigenvalue weighted by Crippen LogP contribution is 2.28. The van der Waals surface area contributed by atoms with Crippen LogP contribution in [0.2, 0.25) is 10.2 Å². The van der Waals surface area contributed by atoms with Gasteiger partial charge in [0.2, 0.25) is 0 Å². The molecule has 1 aromatic heterocycles. The molecule has 2 rings (SSSR count). The van der Waals surface area contributed by atoms with Gasteiger partial charge in [-0.3, -0.25) is 0 Å². The van der Waals surface area contributed by atoms with Crippen LogP contribution in [-0.2, 0) is 6.54 Å². The molecule has 0 spiro atoms. The lowest BCUT2D eigenvalue weighted by Gasteiger charge is -2.13. The van der Waals surface area contributed by atoms with Gasteiger partial charge < -0.3 is 10.1 Å². The molecule has 0 bridgehead atoms. The molecule has 1 aromatic carbocycles. The molecule has 0 fully saturated rings. The van der Waals surface area contributed by atoms with Crippen LogP contribution in [0, 0.1) is 13.8 Å². The molecular formula is C14H15Cl2N3O. The summed E-state index contributed by atoms with van der Waals surface area (Å²) in [5.41, 5.74) is 1.69. The van der Waals surface area contributed by atoms with Crippen molar-refractivity contribution in [2.75, 3.05) is 12.4 Å². The maximum absolute atomic E-state index is 6.20. The zero-order chi connectivity index (χ0) is 14.7. The first kappa shape index (κ1) is 14.9. The van der Waals surface area contributed by atoms with Gasteiger partial charge in [-0.15, -0.1) is 0 Å². The summed E-state index contributed by atoms with van der Waals surface area (Å²) in [6, 6.07) is 5.54. The van der Waals surface area contributed by atoms with Crippen LogP contribution >= 0.6 is 23.2 Å². The van der Waals surface area contributed by atoms with Crippen molar-refractivity contribution >= 4 is 29.0 Å². The first-order valence-corrected chi connectivity index (χ1v) is 6.84. The molecule has 0 radical (unpaired) electrons. The molecule has 1 N–H and O–H groups in total. The van der Waals surface area contributed by atoms with Gasteiger partial charge >= 0.3 is 0 Å². The number of hydrogen-bond acceptors (Lipinski definition) is 4. The summed E-state index contributed by atoms with van der Waals surface area (Å²) < 4.78 is 5.31. The largest absolute Gasteiger partial charge is 0.496 e. The molecule has 0 atom stereocenters. The van der Waals surface area contributed by atoms with Gasteiger partial charge in [0, 0.05) is 22.7 Å². The van der Waals surface area contributed by atoms with Crippen molar-refractivity contribution in [1.82, 2.24) is 9.97 Å². The highest BCUT2D eigenvalue weighted by molar-refractivity contribution is 6.31. The average molecular weight is 312 g/mol. The summed E-state index contributed by atoms with van der Waals surface area (Å²) in [6.07, 6.45) is 0. The van der Waals surface area contributed by atoms with Crippen LogP contribution in [0.1, 0.15) is 17.0 Å². The zero-order valence-electron chi connectivity index (χ0n) is 11.5. The lowest BCUT2D eigenvalue weighted by molar-refractivity contribution is 0.410. The highest BCUT2D eigenvalue weighted by atomic mass is 35.5. The van der Waals surface area contributed by atoms with E-state index in [9.17, 15) is 0 Å². The summed E-state index contributed by atoms with van der Waals surface area (Å²) in [7, 11) is 1.62. The third kappa shape index (κ3) is 3.14. The monoisotopic (exact) mass is 311 g/mol. The van der Waals surface area contributed by atoms with E-state index in [1.54, 1.807) is 14.0 Å². The molecule has 106 valence electrons. The summed E-state index contributed by atoms with van der Waals surface area (Å²) in [5.74, 6) is 2.05. The molecule has 6 heteroatoms. The Balaban J connectivity index is 2.26. The quantitative estimate of drug-likeness (QED) is 0.866. The second-order valence-corrected chi connectivity index (χ2v) is 5.07. The van der Waals surface area contributed by atoms with Crippen LogP contribution in [-0.4, -0.2) is 17.1 Å². The van der Waals surface area contributed by atoms with Crippen molar-refractivity contribution in [2.24, 2.45) is 0 Å². The summed E-state index contributed by atoms with van der Waals surface area (Å²) >= 11 is 12.2. The average Bonchev–Trinajstić information content (AvgIpc) is 2.42. The van der Waals surface area contributed by atoms with E-state index in [1.165, 1.54) is 0 Å². The Kier molecular flexibility index (Phi) is 4.68. The molecule has 0 aliphatic rings. The van der Waals surface area contributed by atoms with Gasteiger partial charge in [0.05, 0.1) is 7.11 Å². The topological polar surface area (TPSA) is 47.0 Å².